The Morgan fingerprint density at radius 3 is 2.96 bits per heavy atom. The van der Waals surface area contributed by atoms with Gasteiger partial charge in [0.15, 0.2) is 0 Å². The summed E-state index contributed by atoms with van der Waals surface area (Å²) in [6, 6.07) is 7.53. The summed E-state index contributed by atoms with van der Waals surface area (Å²) in [6.07, 6.45) is 2.38. The molecule has 0 amide bonds. The number of aromatic nitrogens is 1. The largest absolute Gasteiger partial charge is 0.475 e. The van der Waals surface area contributed by atoms with Crippen molar-refractivity contribution in [2.24, 2.45) is 0 Å². The van der Waals surface area contributed by atoms with Crippen LogP contribution in [0.2, 0.25) is 0 Å². The molecule has 0 bridgehead atoms. The highest BCUT2D eigenvalue weighted by atomic mass is 32.1. The number of furan rings is 1. The van der Waals surface area contributed by atoms with Gasteiger partial charge in [-0.1, -0.05) is 6.07 Å². The van der Waals surface area contributed by atoms with Gasteiger partial charge in [0, 0.05) is 29.3 Å². The number of carboxylic acids is 1. The minimum atomic E-state index is -1.03. The second kappa shape index (κ2) is 6.85. The number of benzene rings is 1. The van der Waals surface area contributed by atoms with Gasteiger partial charge in [-0.05, 0) is 57.0 Å². The van der Waals surface area contributed by atoms with E-state index in [4.69, 9.17) is 14.5 Å². The van der Waals surface area contributed by atoms with E-state index in [2.05, 4.69) is 18.7 Å². The Morgan fingerprint density at radius 1 is 1.38 bits per heavy atom. The summed E-state index contributed by atoms with van der Waals surface area (Å²) in [4.78, 5) is 19.6. The van der Waals surface area contributed by atoms with Gasteiger partial charge in [0.2, 0.25) is 5.76 Å². The molecule has 1 aliphatic rings. The SMILES string of the molecule is Cc1nc(C2CCCN(Cc3ccc4oc(C(=O)O)cc4c3)C2)sc1C. The zero-order valence-electron chi connectivity index (χ0n) is 15.0. The molecule has 3 heterocycles. The number of aromatic carboxylic acids is 1. The Balaban J connectivity index is 1.49. The lowest BCUT2D eigenvalue weighted by atomic mass is 9.98. The summed E-state index contributed by atoms with van der Waals surface area (Å²) in [5.74, 6) is -0.530. The maximum Gasteiger partial charge on any atom is 0.371 e. The lowest BCUT2D eigenvalue weighted by Gasteiger charge is -2.31. The van der Waals surface area contributed by atoms with Crippen molar-refractivity contribution in [1.29, 1.82) is 0 Å². The fraction of sp³-hybridized carbons (Fsp3) is 0.400. The van der Waals surface area contributed by atoms with Crippen molar-refractivity contribution in [3.63, 3.8) is 0 Å². The smallest absolute Gasteiger partial charge is 0.371 e. The minimum Gasteiger partial charge on any atom is -0.475 e. The Morgan fingerprint density at radius 2 is 2.23 bits per heavy atom. The second-order valence-corrected chi connectivity index (χ2v) is 8.29. The molecule has 2 aromatic heterocycles. The van der Waals surface area contributed by atoms with E-state index in [1.54, 1.807) is 6.07 Å². The molecule has 1 saturated heterocycles. The number of likely N-dealkylation sites (tertiary alicyclic amines) is 1. The van der Waals surface area contributed by atoms with E-state index < -0.39 is 5.97 Å². The van der Waals surface area contributed by atoms with Crippen LogP contribution in [0.1, 0.15) is 50.5 Å². The maximum atomic E-state index is 11.1. The van der Waals surface area contributed by atoms with Crippen LogP contribution in [0.15, 0.2) is 28.7 Å². The van der Waals surface area contributed by atoms with Crippen LogP contribution in [0.3, 0.4) is 0 Å². The molecule has 0 saturated carbocycles. The first kappa shape index (κ1) is 17.2. The molecular weight excluding hydrogens is 348 g/mol. The van der Waals surface area contributed by atoms with Crippen LogP contribution in [0, 0.1) is 13.8 Å². The molecule has 4 rings (SSSR count). The summed E-state index contributed by atoms with van der Waals surface area (Å²) in [5.41, 5.74) is 2.96. The van der Waals surface area contributed by atoms with Gasteiger partial charge in [-0.15, -0.1) is 11.3 Å². The monoisotopic (exact) mass is 370 g/mol. The van der Waals surface area contributed by atoms with Crippen LogP contribution in [-0.2, 0) is 6.54 Å². The van der Waals surface area contributed by atoms with E-state index in [-0.39, 0.29) is 5.76 Å². The standard InChI is InChI=1S/C20H22N2O3S/c1-12-13(2)26-19(21-12)15-4-3-7-22(11-15)10-14-5-6-17-16(8-14)9-18(25-17)20(23)24/h5-6,8-9,15H,3-4,7,10-11H2,1-2H3,(H,23,24). The van der Waals surface area contributed by atoms with Gasteiger partial charge >= 0.3 is 5.97 Å². The summed E-state index contributed by atoms with van der Waals surface area (Å²) in [6.45, 7) is 7.20. The molecule has 6 heteroatoms. The minimum absolute atomic E-state index is 0.00954. The van der Waals surface area contributed by atoms with Gasteiger partial charge in [-0.25, -0.2) is 9.78 Å². The topological polar surface area (TPSA) is 66.6 Å². The van der Waals surface area contributed by atoms with Crippen LogP contribution >= 0.6 is 11.3 Å². The van der Waals surface area contributed by atoms with Crippen molar-refractivity contribution in [1.82, 2.24) is 9.88 Å². The molecule has 1 unspecified atom stereocenters. The van der Waals surface area contributed by atoms with Crippen molar-refractivity contribution in [2.75, 3.05) is 13.1 Å². The number of carbonyl (C=O) groups is 1. The Bertz CT molecular complexity index is 940. The van der Waals surface area contributed by atoms with Gasteiger partial charge in [-0.3, -0.25) is 4.90 Å². The summed E-state index contributed by atoms with van der Waals surface area (Å²) in [5, 5.41) is 11.2. The molecule has 1 atom stereocenters. The molecule has 1 fully saturated rings. The van der Waals surface area contributed by atoms with Gasteiger partial charge in [-0.2, -0.15) is 0 Å². The third kappa shape index (κ3) is 3.39. The molecule has 136 valence electrons. The molecule has 0 aliphatic carbocycles. The average Bonchev–Trinajstić information content (AvgIpc) is 3.19. The molecule has 1 aromatic carbocycles. The predicted octanol–water partition coefficient (Wildman–Crippen LogP) is 4.58. The number of nitrogens with zero attached hydrogens (tertiary/aromatic N) is 2. The zero-order valence-corrected chi connectivity index (χ0v) is 15.8. The van der Waals surface area contributed by atoms with Crippen molar-refractivity contribution >= 4 is 28.3 Å². The van der Waals surface area contributed by atoms with Gasteiger partial charge in [0.1, 0.15) is 5.58 Å². The maximum absolute atomic E-state index is 11.1. The van der Waals surface area contributed by atoms with Gasteiger partial charge < -0.3 is 9.52 Å². The molecule has 1 N–H and O–H groups in total. The third-order valence-electron chi connectivity index (χ3n) is 5.10. The number of hydrogen-bond donors (Lipinski definition) is 1. The van der Waals surface area contributed by atoms with Crippen LogP contribution in [0.5, 0.6) is 0 Å². The number of fused-ring (bicyclic) bond motifs is 1. The van der Waals surface area contributed by atoms with Crippen LogP contribution in [-0.4, -0.2) is 34.0 Å². The molecule has 26 heavy (non-hydrogen) atoms. The van der Waals surface area contributed by atoms with Crippen LogP contribution in [0.4, 0.5) is 0 Å². The number of rotatable bonds is 4. The molecule has 1 aliphatic heterocycles. The average molecular weight is 370 g/mol. The normalized spacial score (nSPS) is 18.5. The Kier molecular flexibility index (Phi) is 4.54. The first-order chi connectivity index (χ1) is 12.5. The summed E-state index contributed by atoms with van der Waals surface area (Å²) in [7, 11) is 0. The number of piperidine rings is 1. The first-order valence-electron chi connectivity index (χ1n) is 8.91. The van der Waals surface area contributed by atoms with E-state index in [1.807, 2.05) is 29.5 Å². The second-order valence-electron chi connectivity index (χ2n) is 7.06. The first-order valence-corrected chi connectivity index (χ1v) is 9.73. The van der Waals surface area contributed by atoms with E-state index in [0.717, 1.165) is 30.7 Å². The van der Waals surface area contributed by atoms with E-state index >= 15 is 0 Å². The molecule has 3 aromatic rings. The van der Waals surface area contributed by atoms with E-state index in [9.17, 15) is 4.79 Å². The summed E-state index contributed by atoms with van der Waals surface area (Å²) < 4.78 is 5.34. The number of carboxylic acid groups (broad SMARTS) is 1. The van der Waals surface area contributed by atoms with Crippen molar-refractivity contribution < 1.29 is 14.3 Å². The van der Waals surface area contributed by atoms with Gasteiger partial charge in [0.05, 0.1) is 10.7 Å². The molecule has 0 spiro atoms. The Hall–Kier alpha value is -2.18. The Labute approximate surface area is 156 Å². The van der Waals surface area contributed by atoms with Gasteiger partial charge in [0.25, 0.3) is 0 Å². The lowest BCUT2D eigenvalue weighted by Crippen LogP contribution is -2.33. The molecular formula is C20H22N2O3S. The quantitative estimate of drug-likeness (QED) is 0.728. The van der Waals surface area contributed by atoms with E-state index in [1.165, 1.54) is 28.3 Å². The highest BCUT2D eigenvalue weighted by Gasteiger charge is 2.24. The fourth-order valence-electron chi connectivity index (χ4n) is 3.63. The highest BCUT2D eigenvalue weighted by molar-refractivity contribution is 7.11. The van der Waals surface area contributed by atoms with Crippen molar-refractivity contribution in [3.8, 4) is 0 Å². The van der Waals surface area contributed by atoms with Crippen molar-refractivity contribution in [3.05, 3.63) is 51.2 Å². The van der Waals surface area contributed by atoms with Crippen LogP contribution < -0.4 is 0 Å². The zero-order chi connectivity index (χ0) is 18.3. The number of hydrogen-bond acceptors (Lipinski definition) is 5. The number of thiazole rings is 1. The molecule has 0 radical (unpaired) electrons. The molecule has 5 nitrogen and oxygen atoms in total. The van der Waals surface area contributed by atoms with E-state index in [0.29, 0.717) is 11.5 Å². The summed E-state index contributed by atoms with van der Waals surface area (Å²) >= 11 is 1.83. The van der Waals surface area contributed by atoms with Crippen molar-refractivity contribution in [2.45, 2.75) is 39.2 Å². The van der Waals surface area contributed by atoms with Crippen LogP contribution in [0.25, 0.3) is 11.0 Å². The lowest BCUT2D eigenvalue weighted by molar-refractivity contribution is 0.0665. The number of aryl methyl sites for hydroxylation is 2. The predicted molar refractivity (Wildman–Crippen MR) is 102 cm³/mol. The fourth-order valence-corrected chi connectivity index (χ4v) is 4.68. The third-order valence-corrected chi connectivity index (χ3v) is 6.33. The highest BCUT2D eigenvalue weighted by Crippen LogP contribution is 2.32.